The molecule has 2 fully saturated rings. The molecule has 2 aliphatic rings. The van der Waals surface area contributed by atoms with Crippen LogP contribution >= 0.6 is 0 Å². The molecule has 2 N–H and O–H groups in total. The summed E-state index contributed by atoms with van der Waals surface area (Å²) in [5.74, 6) is -1.20. The summed E-state index contributed by atoms with van der Waals surface area (Å²) in [6, 6.07) is 0. The van der Waals surface area contributed by atoms with Crippen LogP contribution in [0.3, 0.4) is 0 Å². The molecule has 2 saturated heterocycles. The number of carbonyl (C=O) groups excluding carboxylic acids is 2. The van der Waals surface area contributed by atoms with E-state index in [1.807, 2.05) is 20.8 Å². The Morgan fingerprint density at radius 1 is 1.44 bits per heavy atom. The van der Waals surface area contributed by atoms with Gasteiger partial charge in [-0.3, -0.25) is 4.79 Å². The quantitative estimate of drug-likeness (QED) is 0.721. The average Bonchev–Trinajstić information content (AvgIpc) is 2.46. The smallest absolute Gasteiger partial charge is 0.339 e. The fourth-order valence-electron chi connectivity index (χ4n) is 3.25. The van der Waals surface area contributed by atoms with Gasteiger partial charge in [0.1, 0.15) is 0 Å². The van der Waals surface area contributed by atoms with E-state index in [0.29, 0.717) is 6.42 Å². The lowest BCUT2D eigenvalue weighted by molar-refractivity contribution is -0.238. The van der Waals surface area contributed by atoms with Crippen LogP contribution < -0.4 is 5.32 Å². The zero-order chi connectivity index (χ0) is 13.7. The number of aliphatic hydroxyl groups excluding tert-OH is 1. The average molecular weight is 255 g/mol. The third-order valence-corrected chi connectivity index (χ3v) is 4.36. The largest absolute Gasteiger partial charge is 0.453 e. The molecule has 102 valence electrons. The molecule has 1 amide bonds. The monoisotopic (exact) mass is 255 g/mol. The summed E-state index contributed by atoms with van der Waals surface area (Å²) in [6.07, 6.45) is 0.566. The Balaban J connectivity index is 2.40. The predicted molar refractivity (Wildman–Crippen MR) is 64.6 cm³/mol. The number of nitrogens with one attached hydrogen (secondary N) is 1. The SMILES string of the molecule is CCCC1C(=O)NC2([C@@H](O)C(C)C)C(=O)O[C@@]12C. The van der Waals surface area contributed by atoms with Crippen molar-refractivity contribution in [2.75, 3.05) is 0 Å². The molecule has 0 bridgehead atoms. The predicted octanol–water partition coefficient (Wildman–Crippen LogP) is 0.604. The van der Waals surface area contributed by atoms with Crippen LogP contribution in [-0.4, -0.2) is 34.2 Å². The second-order valence-electron chi connectivity index (χ2n) is 5.82. The summed E-state index contributed by atoms with van der Waals surface area (Å²) in [4.78, 5) is 23.9. The van der Waals surface area contributed by atoms with E-state index in [9.17, 15) is 14.7 Å². The number of hydrogen-bond acceptors (Lipinski definition) is 4. The minimum Gasteiger partial charge on any atom is -0.453 e. The molecular formula is C13H21NO4. The number of hydrogen-bond donors (Lipinski definition) is 2. The van der Waals surface area contributed by atoms with Gasteiger partial charge in [0.2, 0.25) is 11.4 Å². The summed E-state index contributed by atoms with van der Waals surface area (Å²) >= 11 is 0. The van der Waals surface area contributed by atoms with Crippen LogP contribution in [0.15, 0.2) is 0 Å². The molecule has 2 heterocycles. The Bertz CT molecular complexity index is 394. The molecule has 18 heavy (non-hydrogen) atoms. The lowest BCUT2D eigenvalue weighted by Crippen LogP contribution is -2.79. The number of rotatable bonds is 4. The molecule has 0 aliphatic carbocycles. The van der Waals surface area contributed by atoms with E-state index in [-0.39, 0.29) is 17.7 Å². The van der Waals surface area contributed by atoms with Crippen molar-refractivity contribution in [3.63, 3.8) is 0 Å². The molecule has 5 heteroatoms. The lowest BCUT2D eigenvalue weighted by atomic mass is 9.66. The Morgan fingerprint density at radius 2 is 2.06 bits per heavy atom. The highest BCUT2D eigenvalue weighted by Crippen LogP contribution is 2.52. The number of aliphatic hydroxyl groups is 1. The summed E-state index contributed by atoms with van der Waals surface area (Å²) in [5, 5.41) is 13.0. The van der Waals surface area contributed by atoms with Crippen LogP contribution in [0.2, 0.25) is 0 Å². The Labute approximate surface area is 107 Å². The highest BCUT2D eigenvalue weighted by Gasteiger charge is 2.78. The van der Waals surface area contributed by atoms with E-state index in [0.717, 1.165) is 6.42 Å². The molecule has 0 spiro atoms. The van der Waals surface area contributed by atoms with Gasteiger partial charge < -0.3 is 15.2 Å². The third kappa shape index (κ3) is 1.31. The molecule has 0 saturated carbocycles. The maximum absolute atomic E-state index is 12.1. The first-order valence-electron chi connectivity index (χ1n) is 6.54. The van der Waals surface area contributed by atoms with E-state index < -0.39 is 23.2 Å². The number of amides is 1. The van der Waals surface area contributed by atoms with Gasteiger partial charge in [0.25, 0.3) is 0 Å². The number of carbonyl (C=O) groups is 2. The summed E-state index contributed by atoms with van der Waals surface area (Å²) < 4.78 is 5.28. The molecule has 0 aromatic heterocycles. The van der Waals surface area contributed by atoms with Gasteiger partial charge in [-0.25, -0.2) is 4.79 Å². The van der Waals surface area contributed by atoms with Crippen LogP contribution in [-0.2, 0) is 14.3 Å². The van der Waals surface area contributed by atoms with E-state index in [1.165, 1.54) is 0 Å². The van der Waals surface area contributed by atoms with Crippen LogP contribution in [0.5, 0.6) is 0 Å². The minimum absolute atomic E-state index is 0.127. The van der Waals surface area contributed by atoms with Crippen molar-refractivity contribution in [3.8, 4) is 0 Å². The van der Waals surface area contributed by atoms with Gasteiger partial charge in [-0.15, -0.1) is 0 Å². The van der Waals surface area contributed by atoms with E-state index >= 15 is 0 Å². The molecule has 2 aliphatic heterocycles. The number of ether oxygens (including phenoxy) is 1. The molecular weight excluding hydrogens is 234 g/mol. The first-order valence-corrected chi connectivity index (χ1v) is 6.54. The van der Waals surface area contributed by atoms with Crippen LogP contribution in [0.25, 0.3) is 0 Å². The number of esters is 1. The normalized spacial score (nSPS) is 40.0. The van der Waals surface area contributed by atoms with Crippen molar-refractivity contribution in [1.82, 2.24) is 5.32 Å². The first kappa shape index (κ1) is 13.3. The molecule has 0 radical (unpaired) electrons. The van der Waals surface area contributed by atoms with Gasteiger partial charge in [-0.05, 0) is 19.3 Å². The maximum atomic E-state index is 12.1. The Hall–Kier alpha value is -1.10. The van der Waals surface area contributed by atoms with Gasteiger partial charge in [0.05, 0.1) is 12.0 Å². The first-order chi connectivity index (χ1) is 8.31. The molecule has 2 rings (SSSR count). The van der Waals surface area contributed by atoms with Crippen molar-refractivity contribution in [3.05, 3.63) is 0 Å². The van der Waals surface area contributed by atoms with Crippen molar-refractivity contribution in [1.29, 1.82) is 0 Å². The van der Waals surface area contributed by atoms with Crippen molar-refractivity contribution >= 4 is 11.9 Å². The molecule has 2 unspecified atom stereocenters. The summed E-state index contributed by atoms with van der Waals surface area (Å²) in [6.45, 7) is 7.38. The van der Waals surface area contributed by atoms with Crippen LogP contribution in [0.4, 0.5) is 0 Å². The maximum Gasteiger partial charge on any atom is 0.339 e. The van der Waals surface area contributed by atoms with Crippen LogP contribution in [0, 0.1) is 11.8 Å². The fraction of sp³-hybridized carbons (Fsp3) is 0.846. The van der Waals surface area contributed by atoms with E-state index in [2.05, 4.69) is 5.32 Å². The second kappa shape index (κ2) is 3.95. The van der Waals surface area contributed by atoms with Gasteiger partial charge in [0.15, 0.2) is 5.60 Å². The standard InChI is InChI=1S/C13H21NO4/c1-5-6-8-10(16)14-13(9(15)7(2)3)11(17)18-12(8,13)4/h7-9,15H,5-6H2,1-4H3,(H,14,16)/t8?,9-,12-,13?/m0/s1. The third-order valence-electron chi connectivity index (χ3n) is 4.36. The van der Waals surface area contributed by atoms with Crippen molar-refractivity contribution < 1.29 is 19.4 Å². The molecule has 0 aromatic rings. The number of fused-ring (bicyclic) bond motifs is 1. The van der Waals surface area contributed by atoms with Gasteiger partial charge in [-0.1, -0.05) is 27.2 Å². The van der Waals surface area contributed by atoms with Gasteiger partial charge in [-0.2, -0.15) is 0 Å². The lowest BCUT2D eigenvalue weighted by Gasteiger charge is -2.54. The van der Waals surface area contributed by atoms with Gasteiger partial charge >= 0.3 is 5.97 Å². The second-order valence-corrected chi connectivity index (χ2v) is 5.82. The zero-order valence-corrected chi connectivity index (χ0v) is 11.3. The van der Waals surface area contributed by atoms with E-state index in [1.54, 1.807) is 6.92 Å². The van der Waals surface area contributed by atoms with E-state index in [4.69, 9.17) is 4.74 Å². The van der Waals surface area contributed by atoms with Crippen LogP contribution in [0.1, 0.15) is 40.5 Å². The molecule has 4 atom stereocenters. The topological polar surface area (TPSA) is 75.6 Å². The molecule has 5 nitrogen and oxygen atoms in total. The molecule has 0 aromatic carbocycles. The zero-order valence-electron chi connectivity index (χ0n) is 11.3. The fourth-order valence-corrected chi connectivity index (χ4v) is 3.25. The van der Waals surface area contributed by atoms with Gasteiger partial charge in [0, 0.05) is 0 Å². The Kier molecular flexibility index (Phi) is 2.93. The highest BCUT2D eigenvalue weighted by atomic mass is 16.6. The summed E-state index contributed by atoms with van der Waals surface area (Å²) in [5.41, 5.74) is -2.17. The summed E-state index contributed by atoms with van der Waals surface area (Å²) in [7, 11) is 0. The Morgan fingerprint density at radius 3 is 2.50 bits per heavy atom. The minimum atomic E-state index is -1.25. The van der Waals surface area contributed by atoms with Crippen molar-refractivity contribution in [2.24, 2.45) is 11.8 Å². The van der Waals surface area contributed by atoms with Crippen molar-refractivity contribution in [2.45, 2.75) is 57.8 Å². The highest BCUT2D eigenvalue weighted by molar-refractivity contribution is 6.01.